The third kappa shape index (κ3) is 7.10. The molecule has 7 heteroatoms. The first-order valence-corrected chi connectivity index (χ1v) is 8.72. The minimum Gasteiger partial charge on any atom is -0.444 e. The second-order valence-electron chi connectivity index (χ2n) is 8.97. The van der Waals surface area contributed by atoms with Gasteiger partial charge < -0.3 is 19.3 Å². The third-order valence-corrected chi connectivity index (χ3v) is 3.78. The van der Waals surface area contributed by atoms with Crippen LogP contribution in [0, 0.1) is 0 Å². The van der Waals surface area contributed by atoms with Gasteiger partial charge in [-0.05, 0) is 68.2 Å². The summed E-state index contributed by atoms with van der Waals surface area (Å²) >= 11 is 0. The van der Waals surface area contributed by atoms with Crippen LogP contribution in [0.5, 0.6) is 0 Å². The average Bonchev–Trinajstić information content (AvgIpc) is 2.32. The Hall–Kier alpha value is -1.50. The second kappa shape index (κ2) is 7.40. The fourth-order valence-electron chi connectivity index (χ4n) is 2.74. The molecule has 3 atom stereocenters. The number of ether oxygens (including phenoxy) is 3. The van der Waals surface area contributed by atoms with Crippen LogP contribution in [0.1, 0.15) is 68.2 Å². The first-order valence-electron chi connectivity index (χ1n) is 8.72. The first kappa shape index (κ1) is 21.5. The molecule has 0 aromatic carbocycles. The minimum absolute atomic E-state index is 0.136. The molecule has 1 saturated heterocycles. The van der Waals surface area contributed by atoms with Gasteiger partial charge in [0.25, 0.3) is 0 Å². The van der Waals surface area contributed by atoms with Crippen molar-refractivity contribution in [3.05, 3.63) is 0 Å². The molecule has 1 unspecified atom stereocenters. The number of nitrogens with zero attached hydrogens (tertiary/aromatic N) is 1. The molecular weight excluding hydrogens is 326 g/mol. The number of carbonyl (C=O) groups is 2. The van der Waals surface area contributed by atoms with Crippen LogP contribution in [0.3, 0.4) is 0 Å². The molecule has 0 aromatic heterocycles. The standard InChI is InChI=1S/C18H33NO6/c1-12(20)13-9-10-18(8,25-15(22)24-17(5,6)7)11-19(13)14(21)23-16(2,3)4/h12-13,20H,9-11H2,1-8H3/t12?,13-,18-/m1/s1. The Kier molecular flexibility index (Phi) is 6.37. The van der Waals surface area contributed by atoms with E-state index in [9.17, 15) is 14.7 Å². The van der Waals surface area contributed by atoms with Gasteiger partial charge in [-0.15, -0.1) is 0 Å². The van der Waals surface area contributed by atoms with Crippen molar-refractivity contribution in [3.8, 4) is 0 Å². The predicted molar refractivity (Wildman–Crippen MR) is 93.4 cm³/mol. The number of aliphatic hydroxyl groups is 1. The number of piperidine rings is 1. The summed E-state index contributed by atoms with van der Waals surface area (Å²) in [5.41, 5.74) is -2.21. The molecule has 146 valence electrons. The van der Waals surface area contributed by atoms with Crippen molar-refractivity contribution in [2.24, 2.45) is 0 Å². The average molecular weight is 359 g/mol. The van der Waals surface area contributed by atoms with E-state index in [-0.39, 0.29) is 12.6 Å². The number of amides is 1. The smallest absolute Gasteiger partial charge is 0.444 e. The van der Waals surface area contributed by atoms with E-state index in [0.717, 1.165) is 0 Å². The van der Waals surface area contributed by atoms with Crippen molar-refractivity contribution < 1.29 is 28.9 Å². The van der Waals surface area contributed by atoms with Crippen LogP contribution in [-0.4, -0.2) is 57.7 Å². The highest BCUT2D eigenvalue weighted by Gasteiger charge is 2.44. The van der Waals surface area contributed by atoms with Crippen molar-refractivity contribution in [1.82, 2.24) is 4.90 Å². The van der Waals surface area contributed by atoms with Crippen molar-refractivity contribution in [2.75, 3.05) is 6.54 Å². The van der Waals surface area contributed by atoms with E-state index < -0.39 is 35.2 Å². The Labute approximate surface area is 150 Å². The molecule has 0 saturated carbocycles. The Morgan fingerprint density at radius 3 is 2.08 bits per heavy atom. The van der Waals surface area contributed by atoms with E-state index in [1.165, 1.54) is 4.90 Å². The summed E-state index contributed by atoms with van der Waals surface area (Å²) < 4.78 is 16.2. The van der Waals surface area contributed by atoms with E-state index in [0.29, 0.717) is 12.8 Å². The Morgan fingerprint density at radius 2 is 1.64 bits per heavy atom. The van der Waals surface area contributed by atoms with Gasteiger partial charge in [0.1, 0.15) is 16.8 Å². The topological polar surface area (TPSA) is 85.3 Å². The van der Waals surface area contributed by atoms with Gasteiger partial charge in [-0.2, -0.15) is 0 Å². The largest absolute Gasteiger partial charge is 0.509 e. The van der Waals surface area contributed by atoms with E-state index >= 15 is 0 Å². The summed E-state index contributed by atoms with van der Waals surface area (Å²) in [7, 11) is 0. The van der Waals surface area contributed by atoms with Gasteiger partial charge in [0.15, 0.2) is 0 Å². The molecule has 1 aliphatic heterocycles. The Balaban J connectivity index is 2.89. The van der Waals surface area contributed by atoms with Gasteiger partial charge >= 0.3 is 12.2 Å². The van der Waals surface area contributed by atoms with E-state index in [1.807, 2.05) is 0 Å². The molecule has 1 fully saturated rings. The van der Waals surface area contributed by atoms with Crippen LogP contribution in [0.15, 0.2) is 0 Å². The number of carbonyl (C=O) groups excluding carboxylic acids is 2. The summed E-state index contributed by atoms with van der Waals surface area (Å²) in [5.74, 6) is 0. The van der Waals surface area contributed by atoms with E-state index in [2.05, 4.69) is 0 Å². The van der Waals surface area contributed by atoms with Crippen LogP contribution >= 0.6 is 0 Å². The molecule has 0 bridgehead atoms. The van der Waals surface area contributed by atoms with Gasteiger partial charge in [-0.25, -0.2) is 9.59 Å². The van der Waals surface area contributed by atoms with Crippen LogP contribution in [0.4, 0.5) is 9.59 Å². The second-order valence-corrected chi connectivity index (χ2v) is 8.97. The molecule has 1 aliphatic rings. The maximum atomic E-state index is 12.6. The van der Waals surface area contributed by atoms with Gasteiger partial charge in [0.05, 0.1) is 18.7 Å². The summed E-state index contributed by atoms with van der Waals surface area (Å²) in [4.78, 5) is 26.0. The maximum absolute atomic E-state index is 12.6. The Bertz CT molecular complexity index is 491. The van der Waals surface area contributed by atoms with Gasteiger partial charge in [0.2, 0.25) is 0 Å². The number of hydrogen-bond donors (Lipinski definition) is 1. The highest BCUT2D eigenvalue weighted by Crippen LogP contribution is 2.32. The van der Waals surface area contributed by atoms with Crippen LogP contribution in [0.25, 0.3) is 0 Å². The molecule has 0 spiro atoms. The monoisotopic (exact) mass is 359 g/mol. The highest BCUT2D eigenvalue weighted by atomic mass is 16.7. The lowest BCUT2D eigenvalue weighted by Crippen LogP contribution is -2.59. The minimum atomic E-state index is -0.898. The zero-order valence-corrected chi connectivity index (χ0v) is 16.7. The van der Waals surface area contributed by atoms with Crippen molar-refractivity contribution in [2.45, 2.75) is 97.2 Å². The number of hydrogen-bond acceptors (Lipinski definition) is 6. The quantitative estimate of drug-likeness (QED) is 0.760. The zero-order valence-electron chi connectivity index (χ0n) is 16.7. The van der Waals surface area contributed by atoms with Crippen LogP contribution < -0.4 is 0 Å². The van der Waals surface area contributed by atoms with E-state index in [1.54, 1.807) is 55.4 Å². The molecule has 1 amide bonds. The highest BCUT2D eigenvalue weighted by molar-refractivity contribution is 5.69. The molecule has 1 heterocycles. The SMILES string of the molecule is CC(O)[C@H]1CC[C@@](C)(OC(=O)OC(C)(C)C)CN1C(=O)OC(C)(C)C. The normalized spacial score (nSPS) is 26.0. The maximum Gasteiger partial charge on any atom is 0.509 e. The lowest BCUT2D eigenvalue weighted by atomic mass is 9.88. The first-order chi connectivity index (χ1) is 11.1. The summed E-state index contributed by atoms with van der Waals surface area (Å²) in [6.07, 6.45) is -0.998. The van der Waals surface area contributed by atoms with Crippen molar-refractivity contribution >= 4 is 12.2 Å². The molecule has 0 aliphatic carbocycles. The fraction of sp³-hybridized carbons (Fsp3) is 0.889. The van der Waals surface area contributed by atoms with Crippen LogP contribution in [-0.2, 0) is 14.2 Å². The van der Waals surface area contributed by atoms with Crippen molar-refractivity contribution in [3.63, 3.8) is 0 Å². The molecule has 1 N–H and O–H groups in total. The number of rotatable bonds is 2. The predicted octanol–water partition coefficient (Wildman–Crippen LogP) is 3.48. The number of likely N-dealkylation sites (tertiary alicyclic amines) is 1. The van der Waals surface area contributed by atoms with Crippen molar-refractivity contribution in [1.29, 1.82) is 0 Å². The Morgan fingerprint density at radius 1 is 1.12 bits per heavy atom. The molecule has 7 nitrogen and oxygen atoms in total. The zero-order chi connectivity index (χ0) is 19.6. The molecular formula is C18H33NO6. The van der Waals surface area contributed by atoms with Gasteiger partial charge in [0, 0.05) is 0 Å². The lowest BCUT2D eigenvalue weighted by Gasteiger charge is -2.45. The van der Waals surface area contributed by atoms with Gasteiger partial charge in [-0.1, -0.05) is 0 Å². The summed E-state index contributed by atoms with van der Waals surface area (Å²) in [5, 5.41) is 10.0. The summed E-state index contributed by atoms with van der Waals surface area (Å²) in [6, 6.07) is -0.384. The fourth-order valence-corrected chi connectivity index (χ4v) is 2.74. The lowest BCUT2D eigenvalue weighted by molar-refractivity contribution is -0.104. The molecule has 1 rings (SSSR count). The summed E-state index contributed by atoms with van der Waals surface area (Å²) in [6.45, 7) is 14.1. The number of aliphatic hydroxyl groups excluding tert-OH is 1. The van der Waals surface area contributed by atoms with E-state index in [4.69, 9.17) is 14.2 Å². The molecule has 0 radical (unpaired) electrons. The van der Waals surface area contributed by atoms with Gasteiger partial charge in [-0.3, -0.25) is 4.90 Å². The molecule has 0 aromatic rings. The van der Waals surface area contributed by atoms with Crippen LogP contribution in [0.2, 0.25) is 0 Å². The third-order valence-electron chi connectivity index (χ3n) is 3.78. The molecule has 25 heavy (non-hydrogen) atoms.